The number of hydrogen-bond acceptors (Lipinski definition) is 5. The normalized spacial score (nSPS) is 14.8. The molecule has 3 rings (SSSR count). The van der Waals surface area contributed by atoms with Crippen LogP contribution in [-0.4, -0.2) is 31.0 Å². The summed E-state index contributed by atoms with van der Waals surface area (Å²) in [4.78, 5) is 23.4. The Morgan fingerprint density at radius 1 is 1.18 bits per heavy atom. The summed E-state index contributed by atoms with van der Waals surface area (Å²) in [7, 11) is 0. The highest BCUT2D eigenvalue weighted by atomic mass is 16.5. The molecule has 28 heavy (non-hydrogen) atoms. The lowest BCUT2D eigenvalue weighted by molar-refractivity contribution is -0.123. The zero-order valence-corrected chi connectivity index (χ0v) is 16.4. The first-order chi connectivity index (χ1) is 13.5. The Hall–Kier alpha value is -3.02. The molecule has 1 atom stereocenters. The average Bonchev–Trinajstić information content (AvgIpc) is 3.03. The number of rotatable bonds is 8. The molecule has 0 radical (unpaired) electrons. The molecule has 0 saturated heterocycles. The lowest BCUT2D eigenvalue weighted by Crippen LogP contribution is -2.28. The molecule has 148 valence electrons. The third-order valence-electron chi connectivity index (χ3n) is 4.49. The third-order valence-corrected chi connectivity index (χ3v) is 4.49. The van der Waals surface area contributed by atoms with E-state index in [0.29, 0.717) is 24.5 Å². The fourth-order valence-corrected chi connectivity index (χ4v) is 3.09. The van der Waals surface area contributed by atoms with E-state index >= 15 is 0 Å². The maximum absolute atomic E-state index is 12.2. The Balaban J connectivity index is 1.56. The van der Waals surface area contributed by atoms with Gasteiger partial charge in [-0.25, -0.2) is 0 Å². The van der Waals surface area contributed by atoms with Gasteiger partial charge in [0.05, 0.1) is 6.61 Å². The second-order valence-corrected chi connectivity index (χ2v) is 6.78. The molecule has 1 heterocycles. The summed E-state index contributed by atoms with van der Waals surface area (Å²) in [6.07, 6.45) is 1.01. The van der Waals surface area contributed by atoms with Crippen LogP contribution >= 0.6 is 0 Å². The van der Waals surface area contributed by atoms with E-state index in [4.69, 9.17) is 14.2 Å². The smallest absolute Gasteiger partial charge is 0.258 e. The third kappa shape index (κ3) is 4.82. The second kappa shape index (κ2) is 8.78. The van der Waals surface area contributed by atoms with Gasteiger partial charge < -0.3 is 19.5 Å². The van der Waals surface area contributed by atoms with Crippen LogP contribution < -0.4 is 19.5 Å². The highest BCUT2D eigenvalue weighted by Crippen LogP contribution is 2.35. The van der Waals surface area contributed by atoms with E-state index in [9.17, 15) is 9.59 Å². The zero-order chi connectivity index (χ0) is 20.1. The molecule has 0 aromatic heterocycles. The van der Waals surface area contributed by atoms with Gasteiger partial charge in [0.15, 0.2) is 12.4 Å². The Bertz CT molecular complexity index is 860. The van der Waals surface area contributed by atoms with Crippen LogP contribution in [0, 0.1) is 0 Å². The first kappa shape index (κ1) is 19.7. The maximum Gasteiger partial charge on any atom is 0.258 e. The predicted octanol–water partition coefficient (Wildman–Crippen LogP) is 3.31. The van der Waals surface area contributed by atoms with Gasteiger partial charge in [0, 0.05) is 29.7 Å². The van der Waals surface area contributed by atoms with Gasteiger partial charge in [-0.1, -0.05) is 0 Å². The van der Waals surface area contributed by atoms with Gasteiger partial charge in [0.2, 0.25) is 0 Å². The molecule has 0 saturated carbocycles. The van der Waals surface area contributed by atoms with Crippen molar-refractivity contribution in [2.24, 2.45) is 0 Å². The van der Waals surface area contributed by atoms with Crippen molar-refractivity contribution in [3.63, 3.8) is 0 Å². The van der Waals surface area contributed by atoms with E-state index in [-0.39, 0.29) is 24.4 Å². The standard InChI is InChI=1S/C22H25NO5/c1-4-26-20-10-17-9-14(2)28-21(17)11-18(20)12-23-22(25)13-27-19-7-5-16(6-8-19)15(3)24/h5-8,10-11,14H,4,9,12-13H2,1-3H3,(H,23,25). The van der Waals surface area contributed by atoms with Gasteiger partial charge in [-0.15, -0.1) is 0 Å². The molecule has 2 aromatic rings. The van der Waals surface area contributed by atoms with Crippen LogP contribution in [0.1, 0.15) is 42.3 Å². The van der Waals surface area contributed by atoms with Gasteiger partial charge in [0.1, 0.15) is 23.4 Å². The molecule has 2 aromatic carbocycles. The molecule has 0 bridgehead atoms. The summed E-state index contributed by atoms with van der Waals surface area (Å²) in [5.74, 6) is 1.90. The topological polar surface area (TPSA) is 73.9 Å². The number of hydrogen-bond donors (Lipinski definition) is 1. The van der Waals surface area contributed by atoms with Crippen molar-refractivity contribution >= 4 is 11.7 Å². The summed E-state index contributed by atoms with van der Waals surface area (Å²) in [5, 5.41) is 2.85. The second-order valence-electron chi connectivity index (χ2n) is 6.78. The van der Waals surface area contributed by atoms with Crippen molar-refractivity contribution in [3.05, 3.63) is 53.1 Å². The molecular weight excluding hydrogens is 358 g/mol. The fraction of sp³-hybridized carbons (Fsp3) is 0.364. The van der Waals surface area contributed by atoms with Crippen LogP contribution in [0.15, 0.2) is 36.4 Å². The molecular formula is C22H25NO5. The van der Waals surface area contributed by atoms with Crippen LogP contribution in [0.25, 0.3) is 0 Å². The largest absolute Gasteiger partial charge is 0.494 e. The Morgan fingerprint density at radius 2 is 1.93 bits per heavy atom. The van der Waals surface area contributed by atoms with Crippen molar-refractivity contribution in [1.29, 1.82) is 0 Å². The van der Waals surface area contributed by atoms with Crippen LogP contribution in [0.2, 0.25) is 0 Å². The predicted molar refractivity (Wildman–Crippen MR) is 105 cm³/mol. The van der Waals surface area contributed by atoms with Crippen LogP contribution in [-0.2, 0) is 17.8 Å². The fourth-order valence-electron chi connectivity index (χ4n) is 3.09. The van der Waals surface area contributed by atoms with E-state index in [1.807, 2.05) is 26.0 Å². The summed E-state index contributed by atoms with van der Waals surface area (Å²) in [5.41, 5.74) is 2.60. The molecule has 6 nitrogen and oxygen atoms in total. The minimum absolute atomic E-state index is 0.0119. The van der Waals surface area contributed by atoms with E-state index in [0.717, 1.165) is 29.0 Å². The first-order valence-electron chi connectivity index (χ1n) is 9.42. The van der Waals surface area contributed by atoms with Crippen LogP contribution in [0.5, 0.6) is 17.2 Å². The van der Waals surface area contributed by atoms with Gasteiger partial charge in [-0.3, -0.25) is 9.59 Å². The number of fused-ring (bicyclic) bond motifs is 1. The van der Waals surface area contributed by atoms with Gasteiger partial charge >= 0.3 is 0 Å². The van der Waals surface area contributed by atoms with E-state index < -0.39 is 0 Å². The number of carbonyl (C=O) groups is 2. The van der Waals surface area contributed by atoms with Crippen molar-refractivity contribution in [1.82, 2.24) is 5.32 Å². The monoisotopic (exact) mass is 383 g/mol. The molecule has 0 spiro atoms. The van der Waals surface area contributed by atoms with Crippen molar-refractivity contribution in [2.45, 2.75) is 39.8 Å². The van der Waals surface area contributed by atoms with E-state index in [2.05, 4.69) is 5.32 Å². The van der Waals surface area contributed by atoms with Crippen LogP contribution in [0.4, 0.5) is 0 Å². The number of benzene rings is 2. The number of nitrogens with one attached hydrogen (secondary N) is 1. The summed E-state index contributed by atoms with van der Waals surface area (Å²) in [6, 6.07) is 10.6. The summed E-state index contributed by atoms with van der Waals surface area (Å²) < 4.78 is 17.0. The number of ketones is 1. The SMILES string of the molecule is CCOc1cc2c(cc1CNC(=O)COc1ccc(C(C)=O)cc1)OC(C)C2. The highest BCUT2D eigenvalue weighted by molar-refractivity contribution is 5.94. The van der Waals surface area contributed by atoms with Crippen LogP contribution in [0.3, 0.4) is 0 Å². The minimum atomic E-state index is -0.243. The molecule has 6 heteroatoms. The lowest BCUT2D eigenvalue weighted by Gasteiger charge is -2.13. The number of carbonyl (C=O) groups excluding carboxylic acids is 2. The van der Waals surface area contributed by atoms with Crippen molar-refractivity contribution in [3.8, 4) is 17.2 Å². The molecule has 1 N–H and O–H groups in total. The molecule has 1 unspecified atom stereocenters. The number of amides is 1. The van der Waals surface area contributed by atoms with Crippen molar-refractivity contribution < 1.29 is 23.8 Å². The zero-order valence-electron chi connectivity index (χ0n) is 16.4. The Morgan fingerprint density at radius 3 is 2.61 bits per heavy atom. The Kier molecular flexibility index (Phi) is 6.19. The minimum Gasteiger partial charge on any atom is -0.494 e. The van der Waals surface area contributed by atoms with Gasteiger partial charge in [-0.2, -0.15) is 0 Å². The molecule has 1 aliphatic rings. The quantitative estimate of drug-likeness (QED) is 0.708. The van der Waals surface area contributed by atoms with Gasteiger partial charge in [0.25, 0.3) is 5.91 Å². The first-order valence-corrected chi connectivity index (χ1v) is 9.42. The molecule has 1 aliphatic heterocycles. The summed E-state index contributed by atoms with van der Waals surface area (Å²) >= 11 is 0. The van der Waals surface area contributed by atoms with E-state index in [1.54, 1.807) is 24.3 Å². The number of ether oxygens (including phenoxy) is 3. The lowest BCUT2D eigenvalue weighted by atomic mass is 10.1. The highest BCUT2D eigenvalue weighted by Gasteiger charge is 2.22. The van der Waals surface area contributed by atoms with E-state index in [1.165, 1.54) is 6.92 Å². The summed E-state index contributed by atoms with van der Waals surface area (Å²) in [6.45, 7) is 6.23. The average molecular weight is 383 g/mol. The van der Waals surface area contributed by atoms with Gasteiger partial charge in [-0.05, 0) is 57.2 Å². The maximum atomic E-state index is 12.2. The van der Waals surface area contributed by atoms with Crippen molar-refractivity contribution in [2.75, 3.05) is 13.2 Å². The molecule has 1 amide bonds. The Labute approximate surface area is 164 Å². The molecule has 0 aliphatic carbocycles. The number of Topliss-reactive ketones (excluding diaryl/α,β-unsaturated/α-hetero) is 1. The molecule has 0 fully saturated rings.